The molecule has 0 aliphatic carbocycles. The van der Waals surface area contributed by atoms with Crippen molar-refractivity contribution in [1.82, 2.24) is 24.7 Å². The van der Waals surface area contributed by atoms with E-state index in [4.69, 9.17) is 0 Å². The highest BCUT2D eigenvalue weighted by Gasteiger charge is 2.10. The van der Waals surface area contributed by atoms with E-state index in [2.05, 4.69) is 20.3 Å². The average molecular weight is 335 g/mol. The van der Waals surface area contributed by atoms with Gasteiger partial charge in [0.05, 0.1) is 11.7 Å². The molecule has 3 aromatic heterocycles. The molecule has 0 aliphatic heterocycles. The Morgan fingerprint density at radius 3 is 2.96 bits per heavy atom. The predicted molar refractivity (Wildman–Crippen MR) is 91.6 cm³/mol. The zero-order valence-corrected chi connectivity index (χ0v) is 12.9. The van der Waals surface area contributed by atoms with E-state index >= 15 is 0 Å². The Morgan fingerprint density at radius 2 is 2.08 bits per heavy atom. The Balaban J connectivity index is 1.56. The van der Waals surface area contributed by atoms with Crippen LogP contribution in [0.15, 0.2) is 58.6 Å². The molecule has 0 radical (unpaired) electrons. The van der Waals surface area contributed by atoms with Crippen LogP contribution < -0.4 is 16.4 Å². The average Bonchev–Trinajstić information content (AvgIpc) is 3.09. The van der Waals surface area contributed by atoms with Crippen LogP contribution in [0.25, 0.3) is 16.4 Å². The summed E-state index contributed by atoms with van der Waals surface area (Å²) in [6, 6.07) is 8.32. The minimum absolute atomic E-state index is 0.0592. The maximum absolute atomic E-state index is 12.3. The van der Waals surface area contributed by atoms with Gasteiger partial charge in [-0.1, -0.05) is 6.07 Å². The standard InChI is InChI=1S/C17H13N5O3/c23-15-3-4-19-13-5-10(1-2-12(13)15)7-20-16(24)14-6-11-8-18-9-22(11)17(25)21-14/h1-6,8-9H,7H2,(H,19,23)(H,20,24)(H,21,25). The van der Waals surface area contributed by atoms with Crippen LogP contribution in [-0.2, 0) is 6.54 Å². The van der Waals surface area contributed by atoms with Crippen LogP contribution in [0.2, 0.25) is 0 Å². The molecule has 0 fully saturated rings. The molecule has 0 aliphatic rings. The van der Waals surface area contributed by atoms with E-state index in [-0.39, 0.29) is 17.7 Å². The second-order valence-electron chi connectivity index (χ2n) is 5.58. The Hall–Kier alpha value is -3.68. The van der Waals surface area contributed by atoms with Gasteiger partial charge in [0, 0.05) is 29.7 Å². The van der Waals surface area contributed by atoms with Gasteiger partial charge in [0.1, 0.15) is 12.0 Å². The highest BCUT2D eigenvalue weighted by atomic mass is 16.2. The lowest BCUT2D eigenvalue weighted by molar-refractivity contribution is 0.0945. The van der Waals surface area contributed by atoms with Crippen molar-refractivity contribution >= 4 is 22.3 Å². The van der Waals surface area contributed by atoms with E-state index in [9.17, 15) is 14.4 Å². The molecule has 0 atom stereocenters. The van der Waals surface area contributed by atoms with Gasteiger partial charge in [-0.25, -0.2) is 9.78 Å². The number of H-pyrrole nitrogens is 2. The zero-order valence-electron chi connectivity index (χ0n) is 12.9. The monoisotopic (exact) mass is 335 g/mol. The fraction of sp³-hybridized carbons (Fsp3) is 0.0588. The van der Waals surface area contributed by atoms with Gasteiger partial charge in [-0.05, 0) is 23.8 Å². The van der Waals surface area contributed by atoms with Gasteiger partial charge in [-0.3, -0.25) is 14.0 Å². The maximum Gasteiger partial charge on any atom is 0.331 e. The summed E-state index contributed by atoms with van der Waals surface area (Å²) in [6.07, 6.45) is 4.47. The summed E-state index contributed by atoms with van der Waals surface area (Å²) in [5.41, 5.74) is 1.74. The van der Waals surface area contributed by atoms with Crippen LogP contribution in [0.1, 0.15) is 16.1 Å². The Bertz CT molecular complexity index is 1220. The second-order valence-corrected chi connectivity index (χ2v) is 5.58. The third kappa shape index (κ3) is 2.69. The highest BCUT2D eigenvalue weighted by Crippen LogP contribution is 2.10. The van der Waals surface area contributed by atoms with Crippen molar-refractivity contribution in [2.24, 2.45) is 0 Å². The number of nitrogens with zero attached hydrogens (tertiary/aromatic N) is 2. The summed E-state index contributed by atoms with van der Waals surface area (Å²) in [5.74, 6) is -0.401. The first-order valence-electron chi connectivity index (χ1n) is 7.56. The fourth-order valence-corrected chi connectivity index (χ4v) is 2.67. The van der Waals surface area contributed by atoms with E-state index in [1.54, 1.807) is 30.5 Å². The minimum Gasteiger partial charge on any atom is -0.361 e. The molecule has 25 heavy (non-hydrogen) atoms. The van der Waals surface area contributed by atoms with E-state index in [1.165, 1.54) is 23.0 Å². The number of hydrogen-bond donors (Lipinski definition) is 3. The zero-order chi connectivity index (χ0) is 17.4. The normalized spacial score (nSPS) is 11.0. The number of fused-ring (bicyclic) bond motifs is 2. The first-order chi connectivity index (χ1) is 12.1. The molecule has 8 nitrogen and oxygen atoms in total. The molecule has 4 aromatic rings. The summed E-state index contributed by atoms with van der Waals surface area (Å²) in [6.45, 7) is 0.262. The number of hydrogen-bond acceptors (Lipinski definition) is 4. The van der Waals surface area contributed by atoms with Crippen molar-refractivity contribution in [2.75, 3.05) is 0 Å². The largest absolute Gasteiger partial charge is 0.361 e. The number of amides is 1. The van der Waals surface area contributed by atoms with E-state index < -0.39 is 11.6 Å². The quantitative estimate of drug-likeness (QED) is 0.514. The summed E-state index contributed by atoms with van der Waals surface area (Å²) in [5, 5.41) is 3.34. The molecule has 1 aromatic carbocycles. The van der Waals surface area contributed by atoms with Crippen molar-refractivity contribution in [1.29, 1.82) is 0 Å². The SMILES string of the molecule is O=C(NCc1ccc2c(=O)cc[nH]c2c1)c1cc2cncn2c(=O)[nH]1. The summed E-state index contributed by atoms with van der Waals surface area (Å²) in [4.78, 5) is 45.3. The Kier molecular flexibility index (Phi) is 3.42. The van der Waals surface area contributed by atoms with Gasteiger partial charge in [0.15, 0.2) is 5.43 Å². The van der Waals surface area contributed by atoms with Gasteiger partial charge < -0.3 is 15.3 Å². The molecular weight excluding hydrogens is 322 g/mol. The lowest BCUT2D eigenvalue weighted by Crippen LogP contribution is -2.27. The summed E-state index contributed by atoms with van der Waals surface area (Å²) in [7, 11) is 0. The van der Waals surface area contributed by atoms with Crippen molar-refractivity contribution in [2.45, 2.75) is 6.54 Å². The lowest BCUT2D eigenvalue weighted by Gasteiger charge is -2.07. The molecule has 8 heteroatoms. The van der Waals surface area contributed by atoms with E-state index in [0.29, 0.717) is 16.4 Å². The van der Waals surface area contributed by atoms with Crippen molar-refractivity contribution in [3.8, 4) is 0 Å². The van der Waals surface area contributed by atoms with Gasteiger partial charge in [0.25, 0.3) is 5.91 Å². The number of aromatic nitrogens is 4. The molecule has 0 spiro atoms. The molecule has 0 saturated heterocycles. The molecule has 124 valence electrons. The molecule has 4 rings (SSSR count). The molecule has 3 heterocycles. The van der Waals surface area contributed by atoms with Gasteiger partial charge in [-0.2, -0.15) is 0 Å². The third-order valence-electron chi connectivity index (χ3n) is 3.94. The number of rotatable bonds is 3. The molecule has 0 bridgehead atoms. The molecular formula is C17H13N5O3. The van der Waals surface area contributed by atoms with Crippen LogP contribution in [0.4, 0.5) is 0 Å². The van der Waals surface area contributed by atoms with Gasteiger partial charge in [-0.15, -0.1) is 0 Å². The number of carbonyl (C=O) groups is 1. The van der Waals surface area contributed by atoms with Crippen molar-refractivity contribution in [3.63, 3.8) is 0 Å². The molecule has 1 amide bonds. The number of imidazole rings is 1. The van der Waals surface area contributed by atoms with Crippen molar-refractivity contribution in [3.05, 3.63) is 81.0 Å². The van der Waals surface area contributed by atoms with Crippen molar-refractivity contribution < 1.29 is 4.79 Å². The van der Waals surface area contributed by atoms with Gasteiger partial charge >= 0.3 is 5.69 Å². The third-order valence-corrected chi connectivity index (χ3v) is 3.94. The fourth-order valence-electron chi connectivity index (χ4n) is 2.67. The minimum atomic E-state index is -0.427. The van der Waals surface area contributed by atoms with Crippen LogP contribution in [0, 0.1) is 0 Å². The van der Waals surface area contributed by atoms with Crippen LogP contribution in [-0.4, -0.2) is 25.3 Å². The number of pyridine rings is 1. The van der Waals surface area contributed by atoms with Crippen LogP contribution >= 0.6 is 0 Å². The topological polar surface area (TPSA) is 112 Å². The lowest BCUT2D eigenvalue weighted by atomic mass is 10.1. The number of carbonyl (C=O) groups excluding carboxylic acids is 1. The second kappa shape index (κ2) is 5.75. The Labute approximate surface area is 140 Å². The van der Waals surface area contributed by atoms with E-state index in [0.717, 1.165) is 5.56 Å². The summed E-state index contributed by atoms with van der Waals surface area (Å²) >= 11 is 0. The number of benzene rings is 1. The summed E-state index contributed by atoms with van der Waals surface area (Å²) < 4.78 is 1.32. The maximum atomic E-state index is 12.3. The van der Waals surface area contributed by atoms with Crippen LogP contribution in [0.5, 0.6) is 0 Å². The predicted octanol–water partition coefficient (Wildman–Crippen LogP) is 0.794. The highest BCUT2D eigenvalue weighted by molar-refractivity contribution is 5.93. The van der Waals surface area contributed by atoms with E-state index in [1.807, 2.05) is 0 Å². The molecule has 3 N–H and O–H groups in total. The first kappa shape index (κ1) is 14.9. The number of nitrogens with one attached hydrogen (secondary N) is 3. The first-order valence-corrected chi connectivity index (χ1v) is 7.56. The van der Waals surface area contributed by atoms with Crippen LogP contribution in [0.3, 0.4) is 0 Å². The van der Waals surface area contributed by atoms with Gasteiger partial charge in [0.2, 0.25) is 0 Å². The number of aromatic amines is 2. The molecule has 0 unspecified atom stereocenters. The molecule has 0 saturated carbocycles. The smallest absolute Gasteiger partial charge is 0.331 e. The Morgan fingerprint density at radius 1 is 1.20 bits per heavy atom.